The standard InChI is InChI=1S/C14H20BrNO/c1-9-7-6-8-10(2)12(9)13(17)16-14(4,5)11(3)15/h6-8,11H,1-5H3,(H,16,17). The number of halogens is 1. The molecular formula is C14H20BrNO. The van der Waals surface area contributed by atoms with E-state index in [0.717, 1.165) is 16.7 Å². The fourth-order valence-corrected chi connectivity index (χ4v) is 1.74. The summed E-state index contributed by atoms with van der Waals surface area (Å²) in [5.41, 5.74) is 2.54. The highest BCUT2D eigenvalue weighted by Gasteiger charge is 2.27. The van der Waals surface area contributed by atoms with Crippen molar-refractivity contribution in [1.82, 2.24) is 5.32 Å². The molecule has 1 aromatic carbocycles. The molecule has 0 radical (unpaired) electrons. The number of alkyl halides is 1. The van der Waals surface area contributed by atoms with Crippen molar-refractivity contribution in [2.45, 2.75) is 45.0 Å². The van der Waals surface area contributed by atoms with E-state index in [1.54, 1.807) is 0 Å². The summed E-state index contributed by atoms with van der Waals surface area (Å²) in [7, 11) is 0. The first-order valence-corrected chi connectivity index (χ1v) is 6.70. The Morgan fingerprint density at radius 3 is 2.18 bits per heavy atom. The second-order valence-corrected chi connectivity index (χ2v) is 6.43. The van der Waals surface area contributed by atoms with Crippen molar-refractivity contribution in [2.75, 3.05) is 0 Å². The molecule has 17 heavy (non-hydrogen) atoms. The average Bonchev–Trinajstić information content (AvgIpc) is 2.15. The number of nitrogens with one attached hydrogen (secondary N) is 1. The SMILES string of the molecule is Cc1cccc(C)c1C(=O)NC(C)(C)C(C)Br. The van der Waals surface area contributed by atoms with Crippen molar-refractivity contribution >= 4 is 21.8 Å². The Kier molecular flexibility index (Phi) is 4.36. The summed E-state index contributed by atoms with van der Waals surface area (Å²) in [6, 6.07) is 5.90. The minimum Gasteiger partial charge on any atom is -0.346 e. The highest BCUT2D eigenvalue weighted by atomic mass is 79.9. The van der Waals surface area contributed by atoms with Gasteiger partial charge in [-0.2, -0.15) is 0 Å². The van der Waals surface area contributed by atoms with Crippen LogP contribution in [0, 0.1) is 13.8 Å². The largest absolute Gasteiger partial charge is 0.346 e. The van der Waals surface area contributed by atoms with Gasteiger partial charge in [0.25, 0.3) is 5.91 Å². The van der Waals surface area contributed by atoms with Gasteiger partial charge in [-0.1, -0.05) is 41.1 Å². The van der Waals surface area contributed by atoms with Crippen molar-refractivity contribution < 1.29 is 4.79 Å². The first-order valence-electron chi connectivity index (χ1n) is 5.78. The van der Waals surface area contributed by atoms with Crippen LogP contribution in [-0.2, 0) is 0 Å². The number of carbonyl (C=O) groups is 1. The molecule has 0 saturated carbocycles. The zero-order valence-electron chi connectivity index (χ0n) is 11.1. The quantitative estimate of drug-likeness (QED) is 0.849. The Hall–Kier alpha value is -0.830. The van der Waals surface area contributed by atoms with Crippen LogP contribution in [0.15, 0.2) is 18.2 Å². The third kappa shape index (κ3) is 3.32. The summed E-state index contributed by atoms with van der Waals surface area (Å²) >= 11 is 3.52. The summed E-state index contributed by atoms with van der Waals surface area (Å²) in [4.78, 5) is 12.5. The van der Waals surface area contributed by atoms with Crippen molar-refractivity contribution in [3.05, 3.63) is 34.9 Å². The van der Waals surface area contributed by atoms with Gasteiger partial charge in [-0.25, -0.2) is 0 Å². The summed E-state index contributed by atoms with van der Waals surface area (Å²) < 4.78 is 0. The van der Waals surface area contributed by atoms with Gasteiger partial charge in [0.15, 0.2) is 0 Å². The number of carbonyl (C=O) groups excluding carboxylic acids is 1. The van der Waals surface area contributed by atoms with Crippen molar-refractivity contribution in [3.8, 4) is 0 Å². The molecule has 0 aliphatic carbocycles. The topological polar surface area (TPSA) is 29.1 Å². The van der Waals surface area contributed by atoms with Crippen LogP contribution < -0.4 is 5.32 Å². The van der Waals surface area contributed by atoms with E-state index in [2.05, 4.69) is 21.2 Å². The predicted octanol–water partition coefficient (Wildman–Crippen LogP) is 3.60. The van der Waals surface area contributed by atoms with Crippen LogP contribution in [0.3, 0.4) is 0 Å². The van der Waals surface area contributed by atoms with Crippen LogP contribution in [0.4, 0.5) is 0 Å². The summed E-state index contributed by atoms with van der Waals surface area (Å²) in [5, 5.41) is 3.07. The second-order valence-electron chi connectivity index (χ2n) is 5.06. The molecule has 94 valence electrons. The van der Waals surface area contributed by atoms with Gasteiger partial charge in [-0.05, 0) is 38.8 Å². The summed E-state index contributed by atoms with van der Waals surface area (Å²) in [6.45, 7) is 9.99. The molecule has 0 fully saturated rings. The lowest BCUT2D eigenvalue weighted by molar-refractivity contribution is 0.0912. The van der Waals surface area contributed by atoms with Gasteiger partial charge in [0.05, 0.1) is 0 Å². The van der Waals surface area contributed by atoms with Crippen molar-refractivity contribution in [3.63, 3.8) is 0 Å². The van der Waals surface area contributed by atoms with Gasteiger partial charge < -0.3 is 5.32 Å². The van der Waals surface area contributed by atoms with Crippen LogP contribution >= 0.6 is 15.9 Å². The Morgan fingerprint density at radius 2 is 1.76 bits per heavy atom. The van der Waals surface area contributed by atoms with Gasteiger partial charge in [-0.15, -0.1) is 0 Å². The number of amides is 1. The molecule has 3 heteroatoms. The highest BCUT2D eigenvalue weighted by molar-refractivity contribution is 9.09. The third-order valence-electron chi connectivity index (χ3n) is 3.14. The number of benzene rings is 1. The van der Waals surface area contributed by atoms with Crippen molar-refractivity contribution in [2.24, 2.45) is 0 Å². The Labute approximate surface area is 112 Å². The molecule has 1 aromatic rings. The van der Waals surface area contributed by atoms with Crippen LogP contribution in [0.1, 0.15) is 42.3 Å². The first-order chi connectivity index (χ1) is 7.75. The fourth-order valence-electron chi connectivity index (χ4n) is 1.63. The molecule has 0 spiro atoms. The molecule has 0 saturated heterocycles. The predicted molar refractivity (Wildman–Crippen MR) is 75.9 cm³/mol. The molecule has 0 heterocycles. The lowest BCUT2D eigenvalue weighted by Gasteiger charge is -2.29. The lowest BCUT2D eigenvalue weighted by atomic mass is 9.98. The van der Waals surface area contributed by atoms with Gasteiger partial charge in [-0.3, -0.25) is 4.79 Å². The van der Waals surface area contributed by atoms with E-state index in [-0.39, 0.29) is 16.3 Å². The van der Waals surface area contributed by atoms with Crippen LogP contribution in [0.2, 0.25) is 0 Å². The highest BCUT2D eigenvalue weighted by Crippen LogP contribution is 2.19. The Bertz CT molecular complexity index is 404. The number of hydrogen-bond acceptors (Lipinski definition) is 1. The van der Waals surface area contributed by atoms with Crippen molar-refractivity contribution in [1.29, 1.82) is 0 Å². The maximum atomic E-state index is 12.3. The molecule has 1 atom stereocenters. The van der Waals surface area contributed by atoms with Crippen LogP contribution in [0.5, 0.6) is 0 Å². The van der Waals surface area contributed by atoms with Gasteiger partial charge >= 0.3 is 0 Å². The zero-order valence-corrected chi connectivity index (χ0v) is 12.7. The van der Waals surface area contributed by atoms with E-state index in [9.17, 15) is 4.79 Å². The van der Waals surface area contributed by atoms with E-state index >= 15 is 0 Å². The molecule has 0 aliphatic heterocycles. The maximum Gasteiger partial charge on any atom is 0.252 e. The first kappa shape index (κ1) is 14.2. The third-order valence-corrected chi connectivity index (χ3v) is 4.28. The molecule has 1 rings (SSSR count). The Balaban J connectivity index is 2.99. The average molecular weight is 298 g/mol. The van der Waals surface area contributed by atoms with Crippen LogP contribution in [-0.4, -0.2) is 16.3 Å². The zero-order chi connectivity index (χ0) is 13.2. The summed E-state index contributed by atoms with van der Waals surface area (Å²) in [5.74, 6) is -0.00287. The van der Waals surface area contributed by atoms with E-state index in [0.29, 0.717) is 0 Å². The number of aryl methyl sites for hydroxylation is 2. The smallest absolute Gasteiger partial charge is 0.252 e. The van der Waals surface area contributed by atoms with Crippen LogP contribution in [0.25, 0.3) is 0 Å². The fraction of sp³-hybridized carbons (Fsp3) is 0.500. The molecule has 2 nitrogen and oxygen atoms in total. The molecule has 1 unspecified atom stereocenters. The molecule has 1 amide bonds. The normalized spacial score (nSPS) is 13.3. The maximum absolute atomic E-state index is 12.3. The van der Waals surface area contributed by atoms with E-state index in [1.165, 1.54) is 0 Å². The lowest BCUT2D eigenvalue weighted by Crippen LogP contribution is -2.49. The van der Waals surface area contributed by atoms with Gasteiger partial charge in [0.2, 0.25) is 0 Å². The molecule has 0 aliphatic rings. The monoisotopic (exact) mass is 297 g/mol. The minimum atomic E-state index is -0.272. The van der Waals surface area contributed by atoms with E-state index < -0.39 is 0 Å². The molecule has 0 aromatic heterocycles. The second kappa shape index (κ2) is 5.21. The molecule has 1 N–H and O–H groups in total. The molecular weight excluding hydrogens is 278 g/mol. The number of hydrogen-bond donors (Lipinski definition) is 1. The number of rotatable bonds is 3. The van der Waals surface area contributed by atoms with E-state index in [1.807, 2.05) is 52.8 Å². The van der Waals surface area contributed by atoms with Gasteiger partial charge in [0, 0.05) is 15.9 Å². The Morgan fingerprint density at radius 1 is 1.29 bits per heavy atom. The minimum absolute atomic E-state index is 0.00287. The summed E-state index contributed by atoms with van der Waals surface area (Å²) in [6.07, 6.45) is 0. The van der Waals surface area contributed by atoms with E-state index in [4.69, 9.17) is 0 Å². The molecule has 0 bridgehead atoms. The van der Waals surface area contributed by atoms with Gasteiger partial charge in [0.1, 0.15) is 0 Å².